The Bertz CT molecular complexity index is 415. The Balaban J connectivity index is 2.53. The summed E-state index contributed by atoms with van der Waals surface area (Å²) >= 11 is 12.3. The zero-order chi connectivity index (χ0) is 15.2. The monoisotopic (exact) mass is 315 g/mol. The minimum absolute atomic E-state index is 0.214. The molecule has 0 fully saturated rings. The van der Waals surface area contributed by atoms with Gasteiger partial charge in [-0.25, -0.2) is 0 Å². The van der Waals surface area contributed by atoms with Crippen LogP contribution >= 0.6 is 23.2 Å². The van der Waals surface area contributed by atoms with Gasteiger partial charge in [-0.1, -0.05) is 63.2 Å². The van der Waals surface area contributed by atoms with E-state index in [1.54, 1.807) is 0 Å². The van der Waals surface area contributed by atoms with Crippen molar-refractivity contribution in [3.8, 4) is 0 Å². The summed E-state index contributed by atoms with van der Waals surface area (Å²) in [5.41, 5.74) is 1.39. The number of hydrogen-bond acceptors (Lipinski definition) is 1. The molecular weight excluding hydrogens is 289 g/mol. The van der Waals surface area contributed by atoms with E-state index in [-0.39, 0.29) is 6.04 Å². The van der Waals surface area contributed by atoms with Gasteiger partial charge in [-0.05, 0) is 42.5 Å². The summed E-state index contributed by atoms with van der Waals surface area (Å²) < 4.78 is 0. The van der Waals surface area contributed by atoms with Gasteiger partial charge >= 0.3 is 0 Å². The quantitative estimate of drug-likeness (QED) is 0.559. The smallest absolute Gasteiger partial charge is 0.0454 e. The van der Waals surface area contributed by atoms with Gasteiger partial charge in [0.1, 0.15) is 0 Å². The molecule has 1 nitrogen and oxygen atoms in total. The molecule has 0 saturated heterocycles. The molecule has 0 amide bonds. The molecule has 20 heavy (non-hydrogen) atoms. The highest BCUT2D eigenvalue weighted by molar-refractivity contribution is 6.33. The molecule has 0 saturated carbocycles. The Kier molecular flexibility index (Phi) is 7.36. The first kappa shape index (κ1) is 17.8. The Labute approximate surface area is 134 Å². The lowest BCUT2D eigenvalue weighted by Gasteiger charge is -2.27. The third-order valence-electron chi connectivity index (χ3n) is 3.77. The molecule has 3 heteroatoms. The summed E-state index contributed by atoms with van der Waals surface area (Å²) in [5, 5.41) is 5.10. The minimum atomic E-state index is 0.214. The van der Waals surface area contributed by atoms with Crippen LogP contribution in [-0.4, -0.2) is 6.54 Å². The van der Waals surface area contributed by atoms with Gasteiger partial charge in [0.25, 0.3) is 0 Å². The number of halogens is 2. The van der Waals surface area contributed by atoms with E-state index >= 15 is 0 Å². The van der Waals surface area contributed by atoms with Crippen LogP contribution in [0.25, 0.3) is 0 Å². The van der Waals surface area contributed by atoms with E-state index < -0.39 is 0 Å². The molecule has 0 aliphatic carbocycles. The molecule has 1 aromatic rings. The molecule has 114 valence electrons. The zero-order valence-corrected chi connectivity index (χ0v) is 14.6. The summed E-state index contributed by atoms with van der Waals surface area (Å²) in [5.74, 6) is 0. The maximum Gasteiger partial charge on any atom is 0.0454 e. The Hall–Kier alpha value is -0.240. The topological polar surface area (TPSA) is 12.0 Å². The first-order valence-electron chi connectivity index (χ1n) is 7.54. The van der Waals surface area contributed by atoms with Gasteiger partial charge in [0.15, 0.2) is 0 Å². The molecule has 0 spiro atoms. The molecule has 0 radical (unpaired) electrons. The van der Waals surface area contributed by atoms with Crippen LogP contribution < -0.4 is 5.32 Å². The van der Waals surface area contributed by atoms with E-state index in [4.69, 9.17) is 23.2 Å². The largest absolute Gasteiger partial charge is 0.310 e. The van der Waals surface area contributed by atoms with Crippen LogP contribution in [0.4, 0.5) is 0 Å². The number of rotatable bonds is 8. The van der Waals surface area contributed by atoms with Crippen LogP contribution in [-0.2, 0) is 0 Å². The second kappa shape index (κ2) is 8.26. The first-order valence-corrected chi connectivity index (χ1v) is 8.29. The number of hydrogen-bond donors (Lipinski definition) is 1. The summed E-state index contributed by atoms with van der Waals surface area (Å²) in [6.45, 7) is 10.0. The average Bonchev–Trinajstić information content (AvgIpc) is 2.39. The van der Waals surface area contributed by atoms with Crippen LogP contribution in [0.1, 0.15) is 65.0 Å². The number of nitrogens with one attached hydrogen (secondary N) is 1. The lowest BCUT2D eigenvalue weighted by molar-refractivity contribution is 0.291. The fraction of sp³-hybridized carbons (Fsp3) is 0.647. The molecule has 1 unspecified atom stereocenters. The lowest BCUT2D eigenvalue weighted by Crippen LogP contribution is -2.31. The van der Waals surface area contributed by atoms with E-state index in [0.717, 1.165) is 22.2 Å². The molecule has 1 aromatic carbocycles. The van der Waals surface area contributed by atoms with Gasteiger partial charge in [0, 0.05) is 22.6 Å². The fourth-order valence-electron chi connectivity index (χ4n) is 2.33. The van der Waals surface area contributed by atoms with E-state index in [9.17, 15) is 0 Å². The second-order valence-corrected chi connectivity index (χ2v) is 7.23. The average molecular weight is 316 g/mol. The Morgan fingerprint density at radius 1 is 1.20 bits per heavy atom. The third kappa shape index (κ3) is 6.03. The maximum atomic E-state index is 6.24. The summed E-state index contributed by atoms with van der Waals surface area (Å²) in [6, 6.07) is 5.86. The second-order valence-electron chi connectivity index (χ2n) is 6.39. The highest BCUT2D eigenvalue weighted by Crippen LogP contribution is 2.28. The lowest BCUT2D eigenvalue weighted by atomic mass is 9.86. The van der Waals surface area contributed by atoms with Crippen LogP contribution in [0.3, 0.4) is 0 Å². The van der Waals surface area contributed by atoms with Crippen molar-refractivity contribution in [2.75, 3.05) is 6.54 Å². The summed E-state index contributed by atoms with van der Waals surface area (Å²) in [6.07, 6.45) is 5.15. The highest BCUT2D eigenvalue weighted by atomic mass is 35.5. The van der Waals surface area contributed by atoms with E-state index in [0.29, 0.717) is 5.41 Å². The first-order chi connectivity index (χ1) is 9.35. The minimum Gasteiger partial charge on any atom is -0.310 e. The van der Waals surface area contributed by atoms with Crippen molar-refractivity contribution in [2.45, 2.75) is 59.4 Å². The number of unbranched alkanes of at least 4 members (excludes halogenated alkanes) is 2. The Morgan fingerprint density at radius 3 is 2.55 bits per heavy atom. The van der Waals surface area contributed by atoms with Gasteiger partial charge < -0.3 is 5.32 Å². The molecule has 0 aromatic heterocycles. The molecule has 0 aliphatic rings. The van der Waals surface area contributed by atoms with Gasteiger partial charge in [-0.3, -0.25) is 0 Å². The normalized spacial score (nSPS) is 13.5. The third-order valence-corrected chi connectivity index (χ3v) is 4.35. The van der Waals surface area contributed by atoms with E-state index in [2.05, 4.69) is 33.0 Å². The van der Waals surface area contributed by atoms with Crippen LogP contribution in [0, 0.1) is 5.41 Å². The summed E-state index contributed by atoms with van der Waals surface area (Å²) in [4.78, 5) is 0. The van der Waals surface area contributed by atoms with Gasteiger partial charge in [0.2, 0.25) is 0 Å². The van der Waals surface area contributed by atoms with Crippen molar-refractivity contribution < 1.29 is 0 Å². The Morgan fingerprint density at radius 2 is 1.90 bits per heavy atom. The summed E-state index contributed by atoms with van der Waals surface area (Å²) in [7, 11) is 0. The fourth-order valence-corrected chi connectivity index (χ4v) is 2.79. The molecular formula is C17H27Cl2N. The van der Waals surface area contributed by atoms with Crippen LogP contribution in [0.15, 0.2) is 18.2 Å². The maximum absolute atomic E-state index is 6.24. The molecule has 0 heterocycles. The zero-order valence-electron chi connectivity index (χ0n) is 13.1. The van der Waals surface area contributed by atoms with Gasteiger partial charge in [0.05, 0.1) is 0 Å². The van der Waals surface area contributed by atoms with Crippen molar-refractivity contribution >= 4 is 23.2 Å². The SMILES string of the molecule is CCCCCC(C)(C)CNC(C)c1cc(Cl)ccc1Cl. The van der Waals surface area contributed by atoms with Crippen LogP contribution in [0.5, 0.6) is 0 Å². The van der Waals surface area contributed by atoms with Crippen LogP contribution in [0.2, 0.25) is 10.0 Å². The molecule has 0 aliphatic heterocycles. The predicted molar refractivity (Wildman–Crippen MR) is 90.8 cm³/mol. The van der Waals surface area contributed by atoms with Gasteiger partial charge in [-0.2, -0.15) is 0 Å². The van der Waals surface area contributed by atoms with Crippen molar-refractivity contribution in [3.63, 3.8) is 0 Å². The molecule has 1 N–H and O–H groups in total. The molecule has 1 atom stereocenters. The van der Waals surface area contributed by atoms with Crippen molar-refractivity contribution in [2.24, 2.45) is 5.41 Å². The van der Waals surface area contributed by atoms with E-state index in [1.165, 1.54) is 25.7 Å². The van der Waals surface area contributed by atoms with Crippen molar-refractivity contribution in [1.82, 2.24) is 5.32 Å². The van der Waals surface area contributed by atoms with Gasteiger partial charge in [-0.15, -0.1) is 0 Å². The highest BCUT2D eigenvalue weighted by Gasteiger charge is 2.19. The predicted octanol–water partition coefficient (Wildman–Crippen LogP) is 6.25. The van der Waals surface area contributed by atoms with Crippen molar-refractivity contribution in [1.29, 1.82) is 0 Å². The molecule has 0 bridgehead atoms. The number of benzene rings is 1. The molecule has 1 rings (SSSR count). The van der Waals surface area contributed by atoms with Crippen molar-refractivity contribution in [3.05, 3.63) is 33.8 Å². The standard InChI is InChI=1S/C17H27Cl2N/c1-5-6-7-10-17(3,4)12-20-13(2)15-11-14(18)8-9-16(15)19/h8-9,11,13,20H,5-7,10,12H2,1-4H3. The van der Waals surface area contributed by atoms with E-state index in [1.807, 2.05) is 18.2 Å².